The monoisotopic (exact) mass is 363 g/mol. The molecule has 0 N–H and O–H groups in total. The second-order valence-electron chi connectivity index (χ2n) is 6.77. The van der Waals surface area contributed by atoms with Gasteiger partial charge in [-0.05, 0) is 18.6 Å². The fraction of sp³-hybridized carbons (Fsp3) is 0.316. The van der Waals surface area contributed by atoms with Crippen molar-refractivity contribution in [2.45, 2.75) is 13.0 Å². The molecule has 0 bridgehead atoms. The first-order chi connectivity index (χ1) is 13.0. The Morgan fingerprint density at radius 1 is 1.22 bits per heavy atom. The van der Waals surface area contributed by atoms with Gasteiger partial charge < -0.3 is 14.4 Å². The number of hydrogen-bond acceptors (Lipinski definition) is 6. The van der Waals surface area contributed by atoms with Crippen LogP contribution in [0.5, 0.6) is 0 Å². The third-order valence-electron chi connectivity index (χ3n) is 4.68. The van der Waals surface area contributed by atoms with Crippen LogP contribution in [0.4, 0.5) is 5.82 Å². The fourth-order valence-electron chi connectivity index (χ4n) is 3.29. The minimum Gasteiger partial charge on any atom is -0.362 e. The minimum atomic E-state index is -0.0370. The van der Waals surface area contributed by atoms with Crippen molar-refractivity contribution in [2.24, 2.45) is 7.05 Å². The number of anilines is 1. The smallest absolute Gasteiger partial charge is 0.272 e. The van der Waals surface area contributed by atoms with Gasteiger partial charge in [-0.15, -0.1) is 0 Å². The molecule has 0 saturated heterocycles. The maximum Gasteiger partial charge on any atom is 0.272 e. The largest absolute Gasteiger partial charge is 0.362 e. The maximum absolute atomic E-state index is 12.9. The Bertz CT molecular complexity index is 981. The van der Waals surface area contributed by atoms with E-state index in [1.807, 2.05) is 49.1 Å². The maximum atomic E-state index is 12.9. The summed E-state index contributed by atoms with van der Waals surface area (Å²) in [5, 5.41) is 0. The molecule has 1 aliphatic heterocycles. The lowest BCUT2D eigenvalue weighted by molar-refractivity contribution is 0.0722. The van der Waals surface area contributed by atoms with Gasteiger partial charge in [0.05, 0.1) is 24.8 Å². The van der Waals surface area contributed by atoms with Gasteiger partial charge in [-0.1, -0.05) is 6.07 Å². The van der Waals surface area contributed by atoms with Gasteiger partial charge in [0.15, 0.2) is 5.82 Å². The predicted octanol–water partition coefficient (Wildman–Crippen LogP) is 1.54. The molecule has 0 aliphatic carbocycles. The van der Waals surface area contributed by atoms with Crippen LogP contribution in [0.25, 0.3) is 11.5 Å². The molecule has 8 nitrogen and oxygen atoms in total. The molecule has 3 aromatic heterocycles. The van der Waals surface area contributed by atoms with Crippen LogP contribution in [0.1, 0.15) is 21.7 Å². The number of amides is 1. The highest BCUT2D eigenvalue weighted by atomic mass is 16.2. The SMILES string of the molecule is CN(C)c1nc(-c2ccccn2)nc2c1CCN(C(=O)c1cncn1C)C2. The molecule has 4 rings (SSSR count). The Labute approximate surface area is 157 Å². The molecule has 4 heterocycles. The van der Waals surface area contributed by atoms with Gasteiger partial charge in [-0.2, -0.15) is 0 Å². The van der Waals surface area contributed by atoms with Crippen molar-refractivity contribution < 1.29 is 4.79 Å². The van der Waals surface area contributed by atoms with Gasteiger partial charge in [0.2, 0.25) is 0 Å². The number of rotatable bonds is 3. The van der Waals surface area contributed by atoms with Gasteiger partial charge in [-0.3, -0.25) is 9.78 Å². The zero-order chi connectivity index (χ0) is 19.0. The van der Waals surface area contributed by atoms with Crippen LogP contribution >= 0.6 is 0 Å². The summed E-state index contributed by atoms with van der Waals surface area (Å²) in [7, 11) is 5.76. The molecule has 1 amide bonds. The third kappa shape index (κ3) is 3.14. The van der Waals surface area contributed by atoms with Crippen molar-refractivity contribution in [3.05, 3.63) is 53.9 Å². The quantitative estimate of drug-likeness (QED) is 0.702. The summed E-state index contributed by atoms with van der Waals surface area (Å²) >= 11 is 0. The summed E-state index contributed by atoms with van der Waals surface area (Å²) in [5.74, 6) is 1.42. The van der Waals surface area contributed by atoms with E-state index in [9.17, 15) is 4.79 Å². The van der Waals surface area contributed by atoms with Gasteiger partial charge in [0.1, 0.15) is 17.2 Å². The Hall–Kier alpha value is -3.29. The molecule has 0 saturated carbocycles. The molecule has 0 aromatic carbocycles. The molecule has 1 aliphatic rings. The number of nitrogens with zero attached hydrogens (tertiary/aromatic N) is 7. The van der Waals surface area contributed by atoms with Crippen LogP contribution in [-0.4, -0.2) is 56.0 Å². The van der Waals surface area contributed by atoms with Crippen molar-refractivity contribution in [2.75, 3.05) is 25.5 Å². The highest BCUT2D eigenvalue weighted by Gasteiger charge is 2.28. The zero-order valence-corrected chi connectivity index (χ0v) is 15.6. The van der Waals surface area contributed by atoms with Crippen molar-refractivity contribution in [1.29, 1.82) is 0 Å². The van der Waals surface area contributed by atoms with Crippen molar-refractivity contribution in [3.63, 3.8) is 0 Å². The van der Waals surface area contributed by atoms with E-state index in [2.05, 4.69) is 9.97 Å². The molecular weight excluding hydrogens is 342 g/mol. The number of imidazole rings is 1. The lowest BCUT2D eigenvalue weighted by Crippen LogP contribution is -2.38. The summed E-state index contributed by atoms with van der Waals surface area (Å²) in [4.78, 5) is 34.6. The Morgan fingerprint density at radius 2 is 2.07 bits per heavy atom. The highest BCUT2D eigenvalue weighted by Crippen LogP contribution is 2.28. The van der Waals surface area contributed by atoms with Crippen LogP contribution in [0.3, 0.4) is 0 Å². The molecule has 138 valence electrons. The van der Waals surface area contributed by atoms with Gasteiger partial charge in [0.25, 0.3) is 5.91 Å². The number of carbonyl (C=O) groups excluding carboxylic acids is 1. The predicted molar refractivity (Wildman–Crippen MR) is 101 cm³/mol. The molecule has 27 heavy (non-hydrogen) atoms. The first kappa shape index (κ1) is 17.1. The van der Waals surface area contributed by atoms with Crippen molar-refractivity contribution in [1.82, 2.24) is 29.4 Å². The second kappa shape index (κ2) is 6.79. The summed E-state index contributed by atoms with van der Waals surface area (Å²) in [6.45, 7) is 1.08. The first-order valence-corrected chi connectivity index (χ1v) is 8.78. The Kier molecular flexibility index (Phi) is 4.31. The van der Waals surface area contributed by atoms with Crippen molar-refractivity contribution >= 4 is 11.7 Å². The lowest BCUT2D eigenvalue weighted by atomic mass is 10.0. The van der Waals surface area contributed by atoms with E-state index in [1.165, 1.54) is 0 Å². The normalized spacial score (nSPS) is 13.4. The zero-order valence-electron chi connectivity index (χ0n) is 15.6. The summed E-state index contributed by atoms with van der Waals surface area (Å²) < 4.78 is 1.74. The van der Waals surface area contributed by atoms with E-state index in [-0.39, 0.29) is 5.91 Å². The standard InChI is InChI=1S/C19H21N7O/c1-24(2)18-13-7-9-26(19(27)16-10-20-12-25(16)3)11-15(13)22-17(23-18)14-6-4-5-8-21-14/h4-6,8,10,12H,7,9,11H2,1-3H3. The minimum absolute atomic E-state index is 0.0370. The average Bonchev–Trinajstić information content (AvgIpc) is 3.12. The van der Waals surface area contributed by atoms with Gasteiger partial charge in [-0.25, -0.2) is 15.0 Å². The number of fused-ring (bicyclic) bond motifs is 1. The first-order valence-electron chi connectivity index (χ1n) is 8.78. The highest BCUT2D eigenvalue weighted by molar-refractivity contribution is 5.92. The summed E-state index contributed by atoms with van der Waals surface area (Å²) in [6, 6.07) is 5.67. The summed E-state index contributed by atoms with van der Waals surface area (Å²) in [5.41, 5.74) is 3.26. The van der Waals surface area contributed by atoms with Crippen LogP contribution in [-0.2, 0) is 20.0 Å². The third-order valence-corrected chi connectivity index (χ3v) is 4.68. The van der Waals surface area contributed by atoms with Crippen LogP contribution in [0, 0.1) is 0 Å². The number of aryl methyl sites for hydroxylation is 1. The molecular formula is C19H21N7O. The lowest BCUT2D eigenvalue weighted by Gasteiger charge is -2.30. The fourth-order valence-corrected chi connectivity index (χ4v) is 3.29. The molecule has 0 unspecified atom stereocenters. The van der Waals surface area contributed by atoms with Gasteiger partial charge in [0, 0.05) is 39.4 Å². The Balaban J connectivity index is 1.72. The molecule has 8 heteroatoms. The molecule has 0 spiro atoms. The second-order valence-corrected chi connectivity index (χ2v) is 6.77. The number of hydrogen-bond donors (Lipinski definition) is 0. The van der Waals surface area contributed by atoms with E-state index in [1.54, 1.807) is 23.3 Å². The van der Waals surface area contributed by atoms with E-state index in [4.69, 9.17) is 9.97 Å². The van der Waals surface area contributed by atoms with Gasteiger partial charge >= 0.3 is 0 Å². The van der Waals surface area contributed by atoms with Crippen LogP contribution in [0.15, 0.2) is 36.9 Å². The number of pyridine rings is 1. The number of carbonyl (C=O) groups is 1. The van der Waals surface area contributed by atoms with E-state index < -0.39 is 0 Å². The van der Waals surface area contributed by atoms with Crippen LogP contribution < -0.4 is 4.90 Å². The van der Waals surface area contributed by atoms with E-state index >= 15 is 0 Å². The average molecular weight is 363 g/mol. The topological polar surface area (TPSA) is 80.0 Å². The molecule has 3 aromatic rings. The number of aromatic nitrogens is 5. The van der Waals surface area contributed by atoms with Crippen LogP contribution in [0.2, 0.25) is 0 Å². The van der Waals surface area contributed by atoms with Crippen molar-refractivity contribution in [3.8, 4) is 11.5 Å². The molecule has 0 radical (unpaired) electrons. The molecule has 0 fully saturated rings. The van der Waals surface area contributed by atoms with E-state index in [0.29, 0.717) is 24.6 Å². The Morgan fingerprint density at radius 3 is 2.74 bits per heavy atom. The van der Waals surface area contributed by atoms with E-state index in [0.717, 1.165) is 29.2 Å². The molecule has 0 atom stereocenters. The summed E-state index contributed by atoms with van der Waals surface area (Å²) in [6.07, 6.45) is 5.68.